The maximum Gasteiger partial charge on any atom is 0.336 e. The van der Waals surface area contributed by atoms with Crippen LogP contribution >= 0.6 is 0 Å². The number of fused-ring (bicyclic) bond motifs is 1. The Morgan fingerprint density at radius 3 is 2.42 bits per heavy atom. The molecule has 0 aliphatic heterocycles. The highest BCUT2D eigenvalue weighted by molar-refractivity contribution is 5.88. The molecular formula is C36H52N2O7. The number of likely N-dealkylation sites (N-methyl/N-ethyl adjacent to an activating group) is 1. The van der Waals surface area contributed by atoms with E-state index in [0.29, 0.717) is 13.0 Å². The minimum atomic E-state index is -1.63. The molecule has 45 heavy (non-hydrogen) atoms. The summed E-state index contributed by atoms with van der Waals surface area (Å²) in [6.45, 7) is 6.93. The fourth-order valence-electron chi connectivity index (χ4n) is 5.61. The topological polar surface area (TPSA) is 114 Å². The van der Waals surface area contributed by atoms with E-state index in [1.807, 2.05) is 0 Å². The molecule has 2 aromatic carbocycles. The molecule has 0 heterocycles. The lowest BCUT2D eigenvalue weighted by atomic mass is 10.0. The summed E-state index contributed by atoms with van der Waals surface area (Å²) < 4.78 is 16.1. The summed E-state index contributed by atoms with van der Waals surface area (Å²) in [5.41, 5.74) is 7.88. The van der Waals surface area contributed by atoms with Gasteiger partial charge in [0.25, 0.3) is 5.91 Å². The van der Waals surface area contributed by atoms with Crippen molar-refractivity contribution in [2.24, 2.45) is 0 Å². The van der Waals surface area contributed by atoms with Gasteiger partial charge in [-0.25, -0.2) is 9.59 Å². The molecule has 0 spiro atoms. The molecule has 2 atom stereocenters. The lowest BCUT2D eigenvalue weighted by molar-refractivity contribution is -0.177. The van der Waals surface area contributed by atoms with E-state index >= 15 is 0 Å². The van der Waals surface area contributed by atoms with Gasteiger partial charge in [-0.2, -0.15) is 0 Å². The Hall–Kier alpha value is -3.43. The number of nitrogens with one attached hydrogen (secondary N) is 1. The minimum Gasteiger partial charge on any atom is -0.479 e. The van der Waals surface area contributed by atoms with E-state index in [1.165, 1.54) is 45.6 Å². The third-order valence-corrected chi connectivity index (χ3v) is 8.40. The predicted molar refractivity (Wildman–Crippen MR) is 176 cm³/mol. The minimum absolute atomic E-state index is 0.145. The number of carboxylic acid groups (broad SMARTS) is 1. The Balaban J connectivity index is 1.46. The van der Waals surface area contributed by atoms with Crippen molar-refractivity contribution < 1.29 is 33.7 Å². The van der Waals surface area contributed by atoms with Gasteiger partial charge < -0.3 is 29.5 Å². The smallest absolute Gasteiger partial charge is 0.336 e. The molecule has 3 rings (SSSR count). The molecule has 0 bridgehead atoms. The first kappa shape index (κ1) is 36.0. The number of nitrogens with zero attached hydrogens (tertiary/aromatic N) is 1. The highest BCUT2D eigenvalue weighted by Gasteiger charge is 2.38. The van der Waals surface area contributed by atoms with Crippen molar-refractivity contribution in [1.29, 1.82) is 0 Å². The average Bonchev–Trinajstić information content (AvgIpc) is 3.49. The summed E-state index contributed by atoms with van der Waals surface area (Å²) >= 11 is 0. The van der Waals surface area contributed by atoms with E-state index in [-0.39, 0.29) is 13.2 Å². The number of carbonyl (C=O) groups is 3. The third kappa shape index (κ3) is 12.1. The number of carbonyl (C=O) groups excluding carboxylic acids is 2. The Morgan fingerprint density at radius 2 is 1.67 bits per heavy atom. The largest absolute Gasteiger partial charge is 0.479 e. The second-order valence-electron chi connectivity index (χ2n) is 12.0. The lowest BCUT2D eigenvalue weighted by Gasteiger charge is -2.28. The van der Waals surface area contributed by atoms with E-state index in [1.54, 1.807) is 14.0 Å². The van der Waals surface area contributed by atoms with Crippen LogP contribution in [0.5, 0.6) is 0 Å². The quantitative estimate of drug-likeness (QED) is 0.135. The molecule has 0 aromatic heterocycles. The van der Waals surface area contributed by atoms with Crippen molar-refractivity contribution in [3.63, 3.8) is 0 Å². The lowest BCUT2D eigenvalue weighted by Crippen LogP contribution is -2.50. The maximum absolute atomic E-state index is 13.5. The number of amides is 1. The number of aliphatic carboxylic acids is 1. The van der Waals surface area contributed by atoms with Gasteiger partial charge in [0.15, 0.2) is 12.2 Å². The second-order valence-corrected chi connectivity index (χ2v) is 12.0. The number of hydrogen-bond donors (Lipinski definition) is 2. The van der Waals surface area contributed by atoms with Crippen molar-refractivity contribution in [3.05, 3.63) is 64.2 Å². The highest BCUT2D eigenvalue weighted by atomic mass is 16.6. The van der Waals surface area contributed by atoms with Crippen LogP contribution in [0.1, 0.15) is 79.7 Å². The molecule has 2 unspecified atom stereocenters. The first-order valence-electron chi connectivity index (χ1n) is 16.5. The molecule has 9 nitrogen and oxygen atoms in total. The number of rotatable bonds is 21. The van der Waals surface area contributed by atoms with Crippen molar-refractivity contribution in [2.45, 2.75) is 97.2 Å². The van der Waals surface area contributed by atoms with E-state index in [0.717, 1.165) is 57.2 Å². The third-order valence-electron chi connectivity index (χ3n) is 8.40. The van der Waals surface area contributed by atoms with Gasteiger partial charge in [0, 0.05) is 32.4 Å². The summed E-state index contributed by atoms with van der Waals surface area (Å²) in [4.78, 5) is 39.0. The summed E-state index contributed by atoms with van der Waals surface area (Å²) in [5.74, 6) is -2.53. The van der Waals surface area contributed by atoms with Gasteiger partial charge in [-0.15, -0.1) is 0 Å². The van der Waals surface area contributed by atoms with Gasteiger partial charge in [0.05, 0.1) is 6.61 Å². The summed E-state index contributed by atoms with van der Waals surface area (Å²) in [7, 11) is 1.65. The van der Waals surface area contributed by atoms with Crippen LogP contribution in [0.2, 0.25) is 0 Å². The Morgan fingerprint density at radius 1 is 0.889 bits per heavy atom. The Kier molecular flexibility index (Phi) is 15.4. The van der Waals surface area contributed by atoms with Gasteiger partial charge in [-0.1, -0.05) is 30.7 Å². The SMILES string of the molecule is CCOC(=O)COC(C(=O)O)C(OCCCCCc1ccc(C)c(C)c1)C(=O)N(C)CCCCCNc1ccc2c(c1)CCC2. The van der Waals surface area contributed by atoms with Crippen LogP contribution in [-0.2, 0) is 47.9 Å². The van der Waals surface area contributed by atoms with Crippen LogP contribution in [0.4, 0.5) is 5.69 Å². The molecular weight excluding hydrogens is 572 g/mol. The van der Waals surface area contributed by atoms with E-state index in [9.17, 15) is 19.5 Å². The molecule has 0 saturated heterocycles. The predicted octanol–water partition coefficient (Wildman–Crippen LogP) is 5.66. The highest BCUT2D eigenvalue weighted by Crippen LogP contribution is 2.25. The molecule has 1 amide bonds. The number of ether oxygens (including phenoxy) is 3. The first-order chi connectivity index (χ1) is 21.7. The first-order valence-corrected chi connectivity index (χ1v) is 16.5. The van der Waals surface area contributed by atoms with Crippen LogP contribution in [0.25, 0.3) is 0 Å². The average molecular weight is 625 g/mol. The number of aryl methyl sites for hydroxylation is 5. The van der Waals surface area contributed by atoms with Gasteiger partial charge in [-0.05, 0) is 119 Å². The number of benzene rings is 2. The molecule has 0 fully saturated rings. The number of esters is 1. The zero-order chi connectivity index (χ0) is 32.6. The number of hydrogen-bond acceptors (Lipinski definition) is 7. The molecule has 248 valence electrons. The van der Waals surface area contributed by atoms with E-state index < -0.39 is 36.7 Å². The van der Waals surface area contributed by atoms with E-state index in [2.05, 4.69) is 55.6 Å². The normalized spacial score (nSPS) is 13.6. The number of carboxylic acids is 1. The molecule has 9 heteroatoms. The summed E-state index contributed by atoms with van der Waals surface area (Å²) in [5, 5.41) is 13.4. The van der Waals surface area contributed by atoms with Crippen molar-refractivity contribution >= 4 is 23.5 Å². The Bertz CT molecular complexity index is 1250. The Labute approximate surface area is 268 Å². The summed E-state index contributed by atoms with van der Waals surface area (Å²) in [6, 6.07) is 13.1. The van der Waals surface area contributed by atoms with Gasteiger partial charge in [0.2, 0.25) is 0 Å². The van der Waals surface area contributed by atoms with Crippen LogP contribution in [0.3, 0.4) is 0 Å². The van der Waals surface area contributed by atoms with Crippen molar-refractivity contribution in [3.8, 4) is 0 Å². The van der Waals surface area contributed by atoms with E-state index in [4.69, 9.17) is 14.2 Å². The molecule has 2 aromatic rings. The number of unbranched alkanes of at least 4 members (excludes halogenated alkanes) is 4. The standard InChI is InChI=1S/C36H52N2O7/c1-5-43-32(39)25-45-34(36(41)42)33(44-22-11-6-8-13-28-17-16-26(2)27(3)23-28)35(40)38(4)21-10-7-9-20-37-31-19-18-29-14-12-15-30(29)24-31/h16-19,23-24,33-34,37H,5-15,20-22,25H2,1-4H3,(H,41,42). The number of anilines is 1. The van der Waals surface area contributed by atoms with Crippen LogP contribution in [0.15, 0.2) is 36.4 Å². The van der Waals surface area contributed by atoms with Crippen LogP contribution < -0.4 is 5.32 Å². The molecule has 1 aliphatic carbocycles. The zero-order valence-electron chi connectivity index (χ0n) is 27.6. The molecule has 2 N–H and O–H groups in total. The molecule has 1 aliphatic rings. The van der Waals surface area contributed by atoms with Crippen LogP contribution in [-0.4, -0.2) is 80.0 Å². The van der Waals surface area contributed by atoms with Crippen molar-refractivity contribution in [2.75, 3.05) is 45.3 Å². The molecule has 0 radical (unpaired) electrons. The van der Waals surface area contributed by atoms with Gasteiger partial charge in [0.1, 0.15) is 6.61 Å². The summed E-state index contributed by atoms with van der Waals surface area (Å²) in [6.07, 6.45) is 6.60. The monoisotopic (exact) mass is 624 g/mol. The maximum atomic E-state index is 13.5. The fraction of sp³-hybridized carbons (Fsp3) is 0.583. The molecule has 0 saturated carbocycles. The van der Waals surface area contributed by atoms with Crippen molar-refractivity contribution in [1.82, 2.24) is 4.90 Å². The van der Waals surface area contributed by atoms with Gasteiger partial charge in [-0.3, -0.25) is 4.79 Å². The zero-order valence-corrected chi connectivity index (χ0v) is 27.6. The van der Waals surface area contributed by atoms with Gasteiger partial charge >= 0.3 is 11.9 Å². The van der Waals surface area contributed by atoms with Crippen LogP contribution in [0, 0.1) is 13.8 Å². The second kappa shape index (κ2) is 19.2. The fourth-order valence-corrected chi connectivity index (χ4v) is 5.61.